The molecule has 8 aromatic rings. The summed E-state index contributed by atoms with van der Waals surface area (Å²) in [5.41, 5.74) is 13.9. The van der Waals surface area contributed by atoms with Crippen molar-refractivity contribution >= 4 is 28.4 Å². The molecule has 0 bridgehead atoms. The van der Waals surface area contributed by atoms with Crippen LogP contribution in [-0.4, -0.2) is 5.84 Å². The van der Waals surface area contributed by atoms with Gasteiger partial charge in [0, 0.05) is 21.3 Å². The fourth-order valence-corrected chi connectivity index (χ4v) is 11.2. The van der Waals surface area contributed by atoms with Crippen molar-refractivity contribution in [2.24, 2.45) is 10.9 Å². The van der Waals surface area contributed by atoms with Gasteiger partial charge in [-0.15, -0.1) is 0 Å². The summed E-state index contributed by atoms with van der Waals surface area (Å²) in [5, 5.41) is 6.47. The zero-order valence-corrected chi connectivity index (χ0v) is 32.0. The van der Waals surface area contributed by atoms with E-state index in [0.29, 0.717) is 0 Å². The Hall–Kier alpha value is -6.16. The van der Waals surface area contributed by atoms with Crippen LogP contribution in [0.25, 0.3) is 33.0 Å². The third kappa shape index (κ3) is 5.00. The second kappa shape index (κ2) is 13.3. The highest BCUT2D eigenvalue weighted by atomic mass is 32.2. The van der Waals surface area contributed by atoms with Crippen molar-refractivity contribution in [1.82, 2.24) is 5.32 Å². The van der Waals surface area contributed by atoms with Gasteiger partial charge >= 0.3 is 0 Å². The number of benzene rings is 8. The molecule has 4 unspecified atom stereocenters. The fraction of sp³-hybridized carbons (Fsp3) is 0.113. The first-order valence-electron chi connectivity index (χ1n) is 19.8. The number of nitrogens with one attached hydrogen (secondary N) is 1. The van der Waals surface area contributed by atoms with Crippen LogP contribution in [0.1, 0.15) is 64.4 Å². The molecule has 2 aliphatic heterocycles. The molecule has 2 nitrogen and oxygen atoms in total. The monoisotopic (exact) mass is 736 g/mol. The van der Waals surface area contributed by atoms with Crippen LogP contribution in [0.5, 0.6) is 0 Å². The summed E-state index contributed by atoms with van der Waals surface area (Å²) in [7, 11) is 0. The Labute approximate surface area is 333 Å². The minimum atomic E-state index is -0.411. The highest BCUT2D eigenvalue weighted by Crippen LogP contribution is 2.63. The van der Waals surface area contributed by atoms with Crippen molar-refractivity contribution in [3.63, 3.8) is 0 Å². The molecular formula is C53H40N2S. The summed E-state index contributed by atoms with van der Waals surface area (Å²) in [6.45, 7) is 2.30. The lowest BCUT2D eigenvalue weighted by Gasteiger charge is -2.40. The molecule has 8 aromatic carbocycles. The normalized spacial score (nSPS) is 20.4. The van der Waals surface area contributed by atoms with Gasteiger partial charge in [0.2, 0.25) is 0 Å². The summed E-state index contributed by atoms with van der Waals surface area (Å²) >= 11 is 1.91. The van der Waals surface area contributed by atoms with Crippen molar-refractivity contribution in [1.29, 1.82) is 0 Å². The van der Waals surface area contributed by atoms with Crippen molar-refractivity contribution in [3.05, 3.63) is 227 Å². The molecule has 1 aliphatic carbocycles. The van der Waals surface area contributed by atoms with Gasteiger partial charge in [0.1, 0.15) is 5.84 Å². The Balaban J connectivity index is 1.06. The Kier molecular flexibility index (Phi) is 7.86. The maximum atomic E-state index is 5.49. The average molecular weight is 737 g/mol. The van der Waals surface area contributed by atoms with E-state index in [9.17, 15) is 0 Å². The van der Waals surface area contributed by atoms with Gasteiger partial charge in [0.05, 0.1) is 17.5 Å². The van der Waals surface area contributed by atoms with Crippen LogP contribution in [0.15, 0.2) is 203 Å². The van der Waals surface area contributed by atoms with Crippen LogP contribution >= 0.6 is 11.8 Å². The number of hydrogen-bond acceptors (Lipinski definition) is 3. The van der Waals surface area contributed by atoms with Gasteiger partial charge in [-0.25, -0.2) is 0 Å². The maximum Gasteiger partial charge on any atom is 0.129 e. The lowest BCUT2D eigenvalue weighted by molar-refractivity contribution is 0.311. The Bertz CT molecular complexity index is 2820. The quantitative estimate of drug-likeness (QED) is 0.190. The molecule has 268 valence electrons. The van der Waals surface area contributed by atoms with Gasteiger partial charge in [-0.05, 0) is 91.0 Å². The van der Waals surface area contributed by atoms with Crippen LogP contribution in [0.2, 0.25) is 0 Å². The molecule has 1 N–H and O–H groups in total. The first-order chi connectivity index (χ1) is 27.7. The van der Waals surface area contributed by atoms with E-state index in [1.165, 1.54) is 76.2 Å². The largest absolute Gasteiger partial charge is 0.363 e. The lowest BCUT2D eigenvalue weighted by Crippen LogP contribution is -2.41. The average Bonchev–Trinajstić information content (AvgIpc) is 3.57. The predicted molar refractivity (Wildman–Crippen MR) is 233 cm³/mol. The molecular weight excluding hydrogens is 697 g/mol. The van der Waals surface area contributed by atoms with Gasteiger partial charge in [-0.1, -0.05) is 189 Å². The molecule has 2 heterocycles. The molecule has 0 aromatic heterocycles. The van der Waals surface area contributed by atoms with E-state index in [2.05, 4.69) is 200 Å². The number of fused-ring (bicyclic) bond motifs is 11. The van der Waals surface area contributed by atoms with Crippen LogP contribution in [-0.2, 0) is 5.41 Å². The third-order valence-electron chi connectivity index (χ3n) is 12.5. The topological polar surface area (TPSA) is 24.4 Å². The van der Waals surface area contributed by atoms with Gasteiger partial charge in [-0.2, -0.15) is 0 Å². The third-order valence-corrected chi connectivity index (χ3v) is 13.6. The van der Waals surface area contributed by atoms with Crippen LogP contribution in [0, 0.1) is 5.92 Å². The Morgan fingerprint density at radius 1 is 0.536 bits per heavy atom. The van der Waals surface area contributed by atoms with E-state index in [-0.39, 0.29) is 18.0 Å². The summed E-state index contributed by atoms with van der Waals surface area (Å²) < 4.78 is 0. The zero-order valence-electron chi connectivity index (χ0n) is 31.2. The minimum Gasteiger partial charge on any atom is -0.363 e. The fourth-order valence-electron chi connectivity index (χ4n) is 9.99. The van der Waals surface area contributed by atoms with Crippen LogP contribution in [0.3, 0.4) is 0 Å². The first-order valence-corrected chi connectivity index (χ1v) is 20.6. The molecule has 0 amide bonds. The van der Waals surface area contributed by atoms with Gasteiger partial charge in [0.25, 0.3) is 0 Å². The molecule has 0 saturated carbocycles. The minimum absolute atomic E-state index is 0.00470. The van der Waals surface area contributed by atoms with Crippen LogP contribution < -0.4 is 5.32 Å². The molecule has 0 fully saturated rings. The Morgan fingerprint density at radius 2 is 1.20 bits per heavy atom. The number of rotatable bonds is 5. The number of amidine groups is 1. The van der Waals surface area contributed by atoms with E-state index in [1.807, 2.05) is 11.8 Å². The molecule has 0 radical (unpaired) electrons. The van der Waals surface area contributed by atoms with Crippen molar-refractivity contribution in [2.75, 3.05) is 0 Å². The molecule has 3 aliphatic rings. The van der Waals surface area contributed by atoms with Gasteiger partial charge < -0.3 is 5.32 Å². The molecule has 11 rings (SSSR count). The molecule has 1 spiro atoms. The standard InChI is InChI=1S/C53H40N2S/c1-2-40-50(35-17-5-3-6-18-35)54-52(36-19-7-4-8-20-36)55-51(40)39-22-15-21-37(32-39)38-29-30-45-48(33-38)56-47-27-14-13-26-44(47)53(45)43-25-12-11-24-42(43)49-41-23-10-9-16-34(41)28-31-46(49)53/h3-33,40,50-51H,2H2,1H3,(H,54,55). The zero-order chi connectivity index (χ0) is 37.2. The summed E-state index contributed by atoms with van der Waals surface area (Å²) in [6.07, 6.45) is 1.00. The van der Waals surface area contributed by atoms with Gasteiger partial charge in [0.15, 0.2) is 0 Å². The summed E-state index contributed by atoms with van der Waals surface area (Å²) in [6, 6.07) is 69.8. The number of hydrogen-bond donors (Lipinski definition) is 1. The van der Waals surface area contributed by atoms with E-state index in [4.69, 9.17) is 4.99 Å². The second-order valence-corrected chi connectivity index (χ2v) is 16.4. The lowest BCUT2D eigenvalue weighted by atomic mass is 9.67. The highest BCUT2D eigenvalue weighted by Gasteiger charge is 2.50. The predicted octanol–water partition coefficient (Wildman–Crippen LogP) is 13.2. The van der Waals surface area contributed by atoms with Crippen molar-refractivity contribution < 1.29 is 0 Å². The van der Waals surface area contributed by atoms with Crippen LogP contribution in [0.4, 0.5) is 0 Å². The molecule has 4 atom stereocenters. The molecule has 0 saturated heterocycles. The smallest absolute Gasteiger partial charge is 0.129 e. The first kappa shape index (κ1) is 33.2. The van der Waals surface area contributed by atoms with E-state index >= 15 is 0 Å². The van der Waals surface area contributed by atoms with E-state index in [1.54, 1.807) is 0 Å². The number of nitrogens with zero attached hydrogens (tertiary/aromatic N) is 1. The molecule has 3 heteroatoms. The van der Waals surface area contributed by atoms with Crippen molar-refractivity contribution in [2.45, 2.75) is 40.6 Å². The number of aliphatic imine (C=N–C) groups is 1. The Morgan fingerprint density at radius 3 is 2.05 bits per heavy atom. The van der Waals surface area contributed by atoms with E-state index < -0.39 is 5.41 Å². The van der Waals surface area contributed by atoms with E-state index in [0.717, 1.165) is 17.8 Å². The molecule has 56 heavy (non-hydrogen) atoms. The van der Waals surface area contributed by atoms with Crippen molar-refractivity contribution in [3.8, 4) is 22.3 Å². The SMILES string of the molecule is CCC1C(c2cccc(-c3ccc4c(c3)Sc3ccccc3C43c4ccccc4-c4c3ccc3ccccc43)c2)N=C(c2ccccc2)NC1c1ccccc1. The second-order valence-electron chi connectivity index (χ2n) is 15.3. The highest BCUT2D eigenvalue weighted by molar-refractivity contribution is 7.99. The maximum absolute atomic E-state index is 5.49. The van der Waals surface area contributed by atoms with Gasteiger partial charge in [-0.3, -0.25) is 4.99 Å². The summed E-state index contributed by atoms with van der Waals surface area (Å²) in [4.78, 5) is 8.12. The summed E-state index contributed by atoms with van der Waals surface area (Å²) in [5.74, 6) is 1.24.